The standard InChI is InChI=1S/C9H14F5NO2/c10-8(11,9(12,13)14)7-17-6-3-15-1-4-16-5-2-15/h1-7H2. The Labute approximate surface area is 95.5 Å². The summed E-state index contributed by atoms with van der Waals surface area (Å²) in [7, 11) is 0. The topological polar surface area (TPSA) is 21.7 Å². The molecule has 0 N–H and O–H groups in total. The summed E-state index contributed by atoms with van der Waals surface area (Å²) in [6.45, 7) is 0.916. The molecule has 1 aliphatic heterocycles. The van der Waals surface area contributed by atoms with E-state index in [-0.39, 0.29) is 6.61 Å². The van der Waals surface area contributed by atoms with E-state index in [1.165, 1.54) is 0 Å². The zero-order valence-electron chi connectivity index (χ0n) is 9.10. The highest BCUT2D eigenvalue weighted by Gasteiger charge is 2.57. The zero-order valence-corrected chi connectivity index (χ0v) is 9.10. The molecule has 0 radical (unpaired) electrons. The highest BCUT2D eigenvalue weighted by molar-refractivity contribution is 4.75. The maximum absolute atomic E-state index is 12.4. The van der Waals surface area contributed by atoms with Gasteiger partial charge >= 0.3 is 12.1 Å². The van der Waals surface area contributed by atoms with Crippen molar-refractivity contribution in [1.29, 1.82) is 0 Å². The monoisotopic (exact) mass is 263 g/mol. The summed E-state index contributed by atoms with van der Waals surface area (Å²) in [6, 6.07) is 0. The van der Waals surface area contributed by atoms with Crippen molar-refractivity contribution in [2.45, 2.75) is 12.1 Å². The van der Waals surface area contributed by atoms with Gasteiger partial charge in [-0.05, 0) is 0 Å². The Hall–Kier alpha value is -0.470. The van der Waals surface area contributed by atoms with E-state index >= 15 is 0 Å². The molecule has 0 aromatic rings. The van der Waals surface area contributed by atoms with E-state index in [0.29, 0.717) is 32.8 Å². The molecule has 0 aromatic heterocycles. The fraction of sp³-hybridized carbons (Fsp3) is 1.00. The van der Waals surface area contributed by atoms with Crippen molar-refractivity contribution in [2.75, 3.05) is 46.1 Å². The first-order valence-electron chi connectivity index (χ1n) is 5.15. The van der Waals surface area contributed by atoms with Gasteiger partial charge < -0.3 is 9.47 Å². The Balaban J connectivity index is 2.15. The van der Waals surface area contributed by atoms with Crippen LogP contribution in [0.25, 0.3) is 0 Å². The number of halogens is 5. The first-order chi connectivity index (χ1) is 7.83. The Bertz CT molecular complexity index is 228. The van der Waals surface area contributed by atoms with Gasteiger partial charge in [0.05, 0.1) is 19.8 Å². The molecule has 0 aromatic carbocycles. The molecular formula is C9H14F5NO2. The molecule has 0 unspecified atom stereocenters. The van der Waals surface area contributed by atoms with Crippen molar-refractivity contribution in [2.24, 2.45) is 0 Å². The van der Waals surface area contributed by atoms with Crippen LogP contribution in [-0.4, -0.2) is 63.1 Å². The lowest BCUT2D eigenvalue weighted by Gasteiger charge is -2.26. The van der Waals surface area contributed by atoms with Crippen LogP contribution in [0.1, 0.15) is 0 Å². The average Bonchev–Trinajstić information content (AvgIpc) is 2.24. The quantitative estimate of drug-likeness (QED) is 0.554. The molecule has 0 atom stereocenters. The van der Waals surface area contributed by atoms with Gasteiger partial charge in [0.15, 0.2) is 0 Å². The third-order valence-corrected chi connectivity index (χ3v) is 2.35. The summed E-state index contributed by atoms with van der Waals surface area (Å²) in [5.41, 5.74) is 0. The molecule has 8 heteroatoms. The second kappa shape index (κ2) is 5.92. The van der Waals surface area contributed by atoms with Gasteiger partial charge in [0.1, 0.15) is 6.61 Å². The van der Waals surface area contributed by atoms with Gasteiger partial charge in [-0.25, -0.2) is 0 Å². The fourth-order valence-electron chi connectivity index (χ4n) is 1.30. The average molecular weight is 263 g/mol. The molecule has 0 amide bonds. The Kier molecular flexibility index (Phi) is 5.08. The Morgan fingerprint density at radius 3 is 2.18 bits per heavy atom. The minimum Gasteiger partial charge on any atom is -0.379 e. The van der Waals surface area contributed by atoms with Crippen molar-refractivity contribution in [1.82, 2.24) is 4.90 Å². The molecule has 0 spiro atoms. The van der Waals surface area contributed by atoms with Crippen LogP contribution in [0.15, 0.2) is 0 Å². The summed E-state index contributed by atoms with van der Waals surface area (Å²) >= 11 is 0. The van der Waals surface area contributed by atoms with Crippen molar-refractivity contribution in [3.8, 4) is 0 Å². The van der Waals surface area contributed by atoms with E-state index in [4.69, 9.17) is 4.74 Å². The third kappa shape index (κ3) is 4.72. The molecule has 1 rings (SSSR count). The van der Waals surface area contributed by atoms with E-state index < -0.39 is 18.7 Å². The van der Waals surface area contributed by atoms with Gasteiger partial charge in [0.25, 0.3) is 0 Å². The molecule has 1 heterocycles. The van der Waals surface area contributed by atoms with Crippen LogP contribution in [0.2, 0.25) is 0 Å². The number of hydrogen-bond donors (Lipinski definition) is 0. The molecular weight excluding hydrogens is 249 g/mol. The lowest BCUT2D eigenvalue weighted by molar-refractivity contribution is -0.296. The summed E-state index contributed by atoms with van der Waals surface area (Å²) in [4.78, 5) is 1.88. The van der Waals surface area contributed by atoms with Gasteiger partial charge in [-0.3, -0.25) is 4.90 Å². The summed E-state index contributed by atoms with van der Waals surface area (Å²) in [6.07, 6.45) is -5.55. The normalized spacial score (nSPS) is 19.6. The number of morpholine rings is 1. The first-order valence-corrected chi connectivity index (χ1v) is 5.15. The van der Waals surface area contributed by atoms with E-state index in [1.54, 1.807) is 0 Å². The van der Waals surface area contributed by atoms with Gasteiger partial charge in [-0.15, -0.1) is 0 Å². The SMILES string of the molecule is FC(F)(F)C(F)(F)COCCN1CCOCC1. The van der Waals surface area contributed by atoms with Gasteiger partial charge in [-0.2, -0.15) is 22.0 Å². The molecule has 3 nitrogen and oxygen atoms in total. The van der Waals surface area contributed by atoms with Gasteiger partial charge in [-0.1, -0.05) is 0 Å². The molecule has 1 saturated heterocycles. The molecule has 1 aliphatic rings. The van der Waals surface area contributed by atoms with Crippen LogP contribution >= 0.6 is 0 Å². The Morgan fingerprint density at radius 2 is 1.65 bits per heavy atom. The highest BCUT2D eigenvalue weighted by Crippen LogP contribution is 2.35. The van der Waals surface area contributed by atoms with Crippen molar-refractivity contribution in [3.63, 3.8) is 0 Å². The van der Waals surface area contributed by atoms with E-state index in [1.807, 2.05) is 4.90 Å². The predicted octanol–water partition coefficient (Wildman–Crippen LogP) is 1.53. The number of ether oxygens (including phenoxy) is 2. The van der Waals surface area contributed by atoms with Crippen LogP contribution < -0.4 is 0 Å². The number of rotatable bonds is 5. The predicted molar refractivity (Wildman–Crippen MR) is 49.1 cm³/mol. The molecule has 17 heavy (non-hydrogen) atoms. The van der Waals surface area contributed by atoms with E-state index in [0.717, 1.165) is 0 Å². The van der Waals surface area contributed by atoms with Crippen molar-refractivity contribution < 1.29 is 31.4 Å². The van der Waals surface area contributed by atoms with Crippen molar-refractivity contribution in [3.05, 3.63) is 0 Å². The van der Waals surface area contributed by atoms with E-state index in [2.05, 4.69) is 4.74 Å². The summed E-state index contributed by atoms with van der Waals surface area (Å²) in [5, 5.41) is 0. The highest BCUT2D eigenvalue weighted by atomic mass is 19.4. The van der Waals surface area contributed by atoms with Crippen LogP contribution in [0.5, 0.6) is 0 Å². The summed E-state index contributed by atoms with van der Waals surface area (Å²) < 4.78 is 69.5. The second-order valence-electron chi connectivity index (χ2n) is 3.71. The Morgan fingerprint density at radius 1 is 1.06 bits per heavy atom. The second-order valence-corrected chi connectivity index (χ2v) is 3.71. The number of hydrogen-bond acceptors (Lipinski definition) is 3. The smallest absolute Gasteiger partial charge is 0.379 e. The van der Waals surface area contributed by atoms with Crippen LogP contribution in [-0.2, 0) is 9.47 Å². The van der Waals surface area contributed by atoms with Crippen LogP contribution in [0.4, 0.5) is 22.0 Å². The minimum atomic E-state index is -5.55. The van der Waals surface area contributed by atoms with Crippen LogP contribution in [0.3, 0.4) is 0 Å². The van der Waals surface area contributed by atoms with Gasteiger partial charge in [0.2, 0.25) is 0 Å². The zero-order chi connectivity index (χ0) is 12.9. The first kappa shape index (κ1) is 14.6. The number of alkyl halides is 5. The molecule has 1 fully saturated rings. The largest absolute Gasteiger partial charge is 0.455 e. The molecule has 0 bridgehead atoms. The summed E-state index contributed by atoms with van der Waals surface area (Å²) in [5.74, 6) is -4.78. The molecule has 0 aliphatic carbocycles. The molecule has 102 valence electrons. The fourth-order valence-corrected chi connectivity index (χ4v) is 1.30. The number of nitrogens with zero attached hydrogens (tertiary/aromatic N) is 1. The van der Waals surface area contributed by atoms with Gasteiger partial charge in [0, 0.05) is 19.6 Å². The molecule has 0 saturated carbocycles. The van der Waals surface area contributed by atoms with E-state index in [9.17, 15) is 22.0 Å². The minimum absolute atomic E-state index is 0.147. The third-order valence-electron chi connectivity index (χ3n) is 2.35. The lowest BCUT2D eigenvalue weighted by atomic mass is 10.3. The lowest BCUT2D eigenvalue weighted by Crippen LogP contribution is -2.42. The van der Waals surface area contributed by atoms with Crippen LogP contribution in [0, 0.1) is 0 Å². The maximum Gasteiger partial charge on any atom is 0.455 e. The van der Waals surface area contributed by atoms with Crippen molar-refractivity contribution >= 4 is 0 Å². The maximum atomic E-state index is 12.4.